The Balaban J connectivity index is 2.79. The van der Waals surface area contributed by atoms with Crippen LogP contribution in [0.5, 0.6) is 11.5 Å². The summed E-state index contributed by atoms with van der Waals surface area (Å²) < 4.78 is 4.88. The largest absolute Gasteiger partial charge is 0.506 e. The van der Waals surface area contributed by atoms with Gasteiger partial charge in [-0.1, -0.05) is 0 Å². The summed E-state index contributed by atoms with van der Waals surface area (Å²) in [6.45, 7) is 0. The van der Waals surface area contributed by atoms with Crippen LogP contribution in [0.3, 0.4) is 0 Å². The second-order valence-electron chi connectivity index (χ2n) is 2.77. The lowest BCUT2D eigenvalue weighted by Gasteiger charge is -2.07. The highest BCUT2D eigenvalue weighted by Crippen LogP contribution is 2.27. The Bertz CT molecular complexity index is 410. The maximum absolute atomic E-state index is 11.0. The fourth-order valence-corrected chi connectivity index (χ4v) is 1.01. The van der Waals surface area contributed by atoms with Crippen molar-refractivity contribution in [3.8, 4) is 17.6 Å². The monoisotopic (exact) mass is 206 g/mol. The molecule has 78 valence electrons. The molecule has 0 saturated heterocycles. The van der Waals surface area contributed by atoms with Gasteiger partial charge in [-0.05, 0) is 12.1 Å². The first-order valence-electron chi connectivity index (χ1n) is 4.21. The van der Waals surface area contributed by atoms with Gasteiger partial charge < -0.3 is 15.2 Å². The molecule has 0 heterocycles. The number of anilines is 1. The first-order valence-corrected chi connectivity index (χ1v) is 4.21. The van der Waals surface area contributed by atoms with Crippen molar-refractivity contribution in [1.29, 1.82) is 5.26 Å². The summed E-state index contributed by atoms with van der Waals surface area (Å²) >= 11 is 0. The minimum absolute atomic E-state index is 0.0966. The van der Waals surface area contributed by atoms with Gasteiger partial charge in [-0.3, -0.25) is 4.79 Å². The van der Waals surface area contributed by atoms with E-state index in [2.05, 4.69) is 5.32 Å². The third-order valence-electron chi connectivity index (χ3n) is 1.72. The predicted molar refractivity (Wildman–Crippen MR) is 53.5 cm³/mol. The van der Waals surface area contributed by atoms with Crippen molar-refractivity contribution in [2.24, 2.45) is 0 Å². The molecule has 0 aliphatic rings. The van der Waals surface area contributed by atoms with Gasteiger partial charge in [0.1, 0.15) is 17.9 Å². The van der Waals surface area contributed by atoms with E-state index in [-0.39, 0.29) is 17.9 Å². The first-order chi connectivity index (χ1) is 7.17. The zero-order valence-corrected chi connectivity index (χ0v) is 8.15. The molecule has 0 unspecified atom stereocenters. The Kier molecular flexibility index (Phi) is 3.52. The maximum atomic E-state index is 11.0. The highest BCUT2D eigenvalue weighted by atomic mass is 16.5. The summed E-state index contributed by atoms with van der Waals surface area (Å²) in [7, 11) is 1.47. The van der Waals surface area contributed by atoms with E-state index in [0.717, 1.165) is 0 Å². The minimum Gasteiger partial charge on any atom is -0.506 e. The summed E-state index contributed by atoms with van der Waals surface area (Å²) in [6, 6.07) is 6.19. The van der Waals surface area contributed by atoms with Crippen LogP contribution in [0.4, 0.5) is 5.69 Å². The zero-order valence-electron chi connectivity index (χ0n) is 8.15. The average molecular weight is 206 g/mol. The molecule has 0 aromatic heterocycles. The number of nitrogens with one attached hydrogen (secondary N) is 1. The lowest BCUT2D eigenvalue weighted by Crippen LogP contribution is -2.10. The molecule has 0 aliphatic carbocycles. The third kappa shape index (κ3) is 2.88. The number of carbonyl (C=O) groups is 1. The van der Waals surface area contributed by atoms with Gasteiger partial charge in [-0.25, -0.2) is 0 Å². The van der Waals surface area contributed by atoms with Crippen LogP contribution in [0.15, 0.2) is 18.2 Å². The molecule has 1 aromatic rings. The van der Waals surface area contributed by atoms with Crippen LogP contribution in [-0.4, -0.2) is 18.1 Å². The Labute approximate surface area is 86.9 Å². The van der Waals surface area contributed by atoms with E-state index < -0.39 is 5.91 Å². The third-order valence-corrected chi connectivity index (χ3v) is 1.72. The number of ether oxygens (including phenoxy) is 1. The van der Waals surface area contributed by atoms with Gasteiger partial charge in [0.15, 0.2) is 0 Å². The number of aromatic hydroxyl groups is 1. The molecule has 2 N–H and O–H groups in total. The number of rotatable bonds is 3. The highest BCUT2D eigenvalue weighted by molar-refractivity contribution is 5.93. The molecule has 0 atom stereocenters. The molecule has 5 nitrogen and oxygen atoms in total. The molecule has 0 saturated carbocycles. The van der Waals surface area contributed by atoms with E-state index >= 15 is 0 Å². The summed E-state index contributed by atoms with van der Waals surface area (Å²) in [5, 5.41) is 20.1. The Morgan fingerprint density at radius 3 is 2.93 bits per heavy atom. The number of hydrogen-bond acceptors (Lipinski definition) is 4. The van der Waals surface area contributed by atoms with Gasteiger partial charge in [0.2, 0.25) is 5.91 Å². The number of benzene rings is 1. The lowest BCUT2D eigenvalue weighted by atomic mass is 10.2. The van der Waals surface area contributed by atoms with Crippen LogP contribution >= 0.6 is 0 Å². The van der Waals surface area contributed by atoms with E-state index in [1.807, 2.05) is 0 Å². The van der Waals surface area contributed by atoms with Crippen LogP contribution in [0, 0.1) is 11.3 Å². The molecular formula is C10H10N2O3. The van der Waals surface area contributed by atoms with Crippen LogP contribution in [0.25, 0.3) is 0 Å². The Morgan fingerprint density at radius 2 is 2.40 bits per heavy atom. The van der Waals surface area contributed by atoms with Crippen molar-refractivity contribution in [3.05, 3.63) is 18.2 Å². The number of amides is 1. The summed E-state index contributed by atoms with van der Waals surface area (Å²) in [6.07, 6.45) is -0.245. The summed E-state index contributed by atoms with van der Waals surface area (Å²) in [4.78, 5) is 11.0. The van der Waals surface area contributed by atoms with Crippen LogP contribution < -0.4 is 10.1 Å². The molecule has 0 aliphatic heterocycles. The predicted octanol–water partition coefficient (Wildman–Crippen LogP) is 1.25. The Morgan fingerprint density at radius 1 is 1.67 bits per heavy atom. The Hall–Kier alpha value is -2.22. The molecule has 15 heavy (non-hydrogen) atoms. The van der Waals surface area contributed by atoms with E-state index in [0.29, 0.717) is 5.75 Å². The second-order valence-corrected chi connectivity index (χ2v) is 2.77. The first kappa shape index (κ1) is 10.9. The zero-order chi connectivity index (χ0) is 11.3. The number of carbonyl (C=O) groups excluding carboxylic acids is 1. The lowest BCUT2D eigenvalue weighted by molar-refractivity contribution is -0.115. The number of nitrogens with zero attached hydrogens (tertiary/aromatic N) is 1. The summed E-state index contributed by atoms with van der Waals surface area (Å²) in [5.41, 5.74) is 0.260. The smallest absolute Gasteiger partial charge is 0.238 e. The van der Waals surface area contributed by atoms with Crippen molar-refractivity contribution < 1.29 is 14.6 Å². The van der Waals surface area contributed by atoms with Crippen LogP contribution in [0.2, 0.25) is 0 Å². The average Bonchev–Trinajstić information content (AvgIpc) is 2.21. The van der Waals surface area contributed by atoms with Crippen molar-refractivity contribution in [3.63, 3.8) is 0 Å². The second kappa shape index (κ2) is 4.86. The number of hydrogen-bond donors (Lipinski definition) is 2. The van der Waals surface area contributed by atoms with Gasteiger partial charge in [0, 0.05) is 6.07 Å². The molecule has 0 bridgehead atoms. The number of nitriles is 1. The van der Waals surface area contributed by atoms with Gasteiger partial charge in [0.05, 0.1) is 18.9 Å². The number of methoxy groups -OCH3 is 1. The van der Waals surface area contributed by atoms with Gasteiger partial charge in [0.25, 0.3) is 0 Å². The topological polar surface area (TPSA) is 82.3 Å². The fraction of sp³-hybridized carbons (Fsp3) is 0.200. The molecule has 1 rings (SSSR count). The molecule has 5 heteroatoms. The molecule has 0 fully saturated rings. The highest BCUT2D eigenvalue weighted by Gasteiger charge is 2.06. The number of phenolic OH excluding ortho intramolecular Hbond substituents is 1. The van der Waals surface area contributed by atoms with Crippen LogP contribution in [0.1, 0.15) is 6.42 Å². The minimum atomic E-state index is -0.460. The summed E-state index contributed by atoms with van der Waals surface area (Å²) in [5.74, 6) is -0.0654. The maximum Gasteiger partial charge on any atom is 0.238 e. The van der Waals surface area contributed by atoms with Gasteiger partial charge >= 0.3 is 0 Å². The molecule has 0 radical (unpaired) electrons. The standard InChI is InChI=1S/C10H10N2O3/c1-15-7-2-3-8(9(13)6-7)12-10(14)4-5-11/h2-3,6,13H,4H2,1H3,(H,12,14). The van der Waals surface area contributed by atoms with Crippen molar-refractivity contribution >= 4 is 11.6 Å². The normalized spacial score (nSPS) is 9.07. The molecule has 1 amide bonds. The molecule has 1 aromatic carbocycles. The number of phenols is 1. The van der Waals surface area contributed by atoms with Crippen LogP contribution in [-0.2, 0) is 4.79 Å². The van der Waals surface area contributed by atoms with E-state index in [1.165, 1.54) is 19.2 Å². The fourth-order valence-electron chi connectivity index (χ4n) is 1.01. The SMILES string of the molecule is COc1ccc(NC(=O)CC#N)c(O)c1. The van der Waals surface area contributed by atoms with Gasteiger partial charge in [-0.15, -0.1) is 0 Å². The van der Waals surface area contributed by atoms with E-state index in [1.54, 1.807) is 12.1 Å². The quantitative estimate of drug-likeness (QED) is 0.729. The van der Waals surface area contributed by atoms with E-state index in [4.69, 9.17) is 10.00 Å². The van der Waals surface area contributed by atoms with E-state index in [9.17, 15) is 9.90 Å². The van der Waals surface area contributed by atoms with Crippen molar-refractivity contribution in [2.75, 3.05) is 12.4 Å². The van der Waals surface area contributed by atoms with Crippen molar-refractivity contribution in [1.82, 2.24) is 0 Å². The molecular weight excluding hydrogens is 196 g/mol. The van der Waals surface area contributed by atoms with Gasteiger partial charge in [-0.2, -0.15) is 5.26 Å². The molecule has 0 spiro atoms. The van der Waals surface area contributed by atoms with Crippen molar-refractivity contribution in [2.45, 2.75) is 6.42 Å².